The average Bonchev–Trinajstić information content (AvgIpc) is 3.41. The van der Waals surface area contributed by atoms with Gasteiger partial charge >= 0.3 is 0 Å². The standard InChI is InChI=1S/C25H28BrClF2N6O3/c1-13(15-4-2-6-32-22(15)30)31-7-9-37-21-16-20(19(29)17(26)18(21)27)33-24(34-23(16)36)38-12-25-5-3-8-35(25)11-14(28)10-25/h2,4,6,13-14,31H,3,5,7-12H2,1H3,(H2,30,32)(H,33,34,36)/t13?,14-,25+/m1/s1. The first-order chi connectivity index (χ1) is 18.2. The fourth-order valence-electron chi connectivity index (χ4n) is 5.42. The summed E-state index contributed by atoms with van der Waals surface area (Å²) in [6, 6.07) is 3.43. The van der Waals surface area contributed by atoms with E-state index >= 15 is 4.39 Å². The molecule has 0 radical (unpaired) electrons. The number of nitrogen functional groups attached to an aromatic ring is 1. The van der Waals surface area contributed by atoms with Crippen LogP contribution >= 0.6 is 27.5 Å². The van der Waals surface area contributed by atoms with Crippen molar-refractivity contribution < 1.29 is 18.3 Å². The molecule has 2 saturated heterocycles. The average molecular weight is 614 g/mol. The first-order valence-corrected chi connectivity index (χ1v) is 13.6. The van der Waals surface area contributed by atoms with Crippen LogP contribution in [0, 0.1) is 5.82 Å². The van der Waals surface area contributed by atoms with Crippen LogP contribution in [-0.2, 0) is 0 Å². The summed E-state index contributed by atoms with van der Waals surface area (Å²) < 4.78 is 40.8. The molecule has 9 nitrogen and oxygen atoms in total. The molecule has 0 saturated carbocycles. The van der Waals surface area contributed by atoms with Gasteiger partial charge in [-0.1, -0.05) is 17.7 Å². The van der Waals surface area contributed by atoms with E-state index in [0.29, 0.717) is 25.3 Å². The second kappa shape index (κ2) is 10.9. The molecule has 0 bridgehead atoms. The Bertz CT molecular complexity index is 1410. The molecule has 13 heteroatoms. The Morgan fingerprint density at radius 2 is 2.26 bits per heavy atom. The molecule has 2 fully saturated rings. The lowest BCUT2D eigenvalue weighted by Crippen LogP contribution is -2.43. The van der Waals surface area contributed by atoms with E-state index in [4.69, 9.17) is 26.8 Å². The highest BCUT2D eigenvalue weighted by atomic mass is 79.9. The molecule has 2 aliphatic rings. The van der Waals surface area contributed by atoms with Gasteiger partial charge in [0.25, 0.3) is 11.6 Å². The lowest BCUT2D eigenvalue weighted by Gasteiger charge is -2.30. The Morgan fingerprint density at radius 3 is 3.05 bits per heavy atom. The van der Waals surface area contributed by atoms with Gasteiger partial charge in [0, 0.05) is 37.3 Å². The van der Waals surface area contributed by atoms with Crippen molar-refractivity contribution in [3.63, 3.8) is 0 Å². The molecule has 2 aromatic heterocycles. The zero-order valence-electron chi connectivity index (χ0n) is 20.7. The normalized spacial score (nSPS) is 22.1. The fourth-order valence-corrected chi connectivity index (χ4v) is 6.02. The fraction of sp³-hybridized carbons (Fsp3) is 0.480. The molecule has 0 spiro atoms. The summed E-state index contributed by atoms with van der Waals surface area (Å²) in [5.74, 6) is -0.377. The number of halogens is 4. The lowest BCUT2D eigenvalue weighted by atomic mass is 9.95. The monoisotopic (exact) mass is 612 g/mol. The highest BCUT2D eigenvalue weighted by Crippen LogP contribution is 2.42. The van der Waals surface area contributed by atoms with Gasteiger partial charge in [0.2, 0.25) is 0 Å². The Hall–Kier alpha value is -2.54. The van der Waals surface area contributed by atoms with E-state index in [9.17, 15) is 9.18 Å². The van der Waals surface area contributed by atoms with E-state index < -0.39 is 23.1 Å². The lowest BCUT2D eigenvalue weighted by molar-refractivity contribution is 0.107. The number of ether oxygens (including phenoxy) is 2. The summed E-state index contributed by atoms with van der Waals surface area (Å²) in [6.45, 7) is 3.75. The summed E-state index contributed by atoms with van der Waals surface area (Å²) in [4.78, 5) is 26.0. The van der Waals surface area contributed by atoms with Gasteiger partial charge in [-0.3, -0.25) is 14.7 Å². The summed E-state index contributed by atoms with van der Waals surface area (Å²) in [5.41, 5.74) is 5.43. The van der Waals surface area contributed by atoms with Crippen LogP contribution in [0.1, 0.15) is 37.8 Å². The molecule has 5 rings (SSSR count). The zero-order chi connectivity index (χ0) is 27.0. The predicted molar refractivity (Wildman–Crippen MR) is 144 cm³/mol. The molecule has 4 N–H and O–H groups in total. The summed E-state index contributed by atoms with van der Waals surface area (Å²) in [5, 5.41) is 3.06. The smallest absolute Gasteiger partial charge is 0.297 e. The third kappa shape index (κ3) is 5.06. The number of benzene rings is 1. The molecule has 0 aliphatic carbocycles. The number of alkyl halides is 1. The van der Waals surface area contributed by atoms with E-state index in [-0.39, 0.29) is 51.4 Å². The minimum Gasteiger partial charge on any atom is -0.490 e. The molecule has 1 unspecified atom stereocenters. The first kappa shape index (κ1) is 27.0. The summed E-state index contributed by atoms with van der Waals surface area (Å²) in [6.07, 6.45) is 2.80. The van der Waals surface area contributed by atoms with Crippen LogP contribution in [0.15, 0.2) is 27.6 Å². The largest absolute Gasteiger partial charge is 0.490 e. The first-order valence-electron chi connectivity index (χ1n) is 12.4. The SMILES string of the molecule is CC(NCCOc1c(Cl)c(Br)c(F)c2nc(OC[C@@]34CCCN3C[C@H](F)C4)[nH]c(=O)c12)c1cccnc1N. The molecule has 204 valence electrons. The highest BCUT2D eigenvalue weighted by Gasteiger charge is 2.49. The van der Waals surface area contributed by atoms with Gasteiger partial charge in [-0.05, 0) is 48.3 Å². The van der Waals surface area contributed by atoms with E-state index in [2.05, 4.69) is 41.1 Å². The van der Waals surface area contributed by atoms with Crippen molar-refractivity contribution in [1.82, 2.24) is 25.2 Å². The van der Waals surface area contributed by atoms with Crippen molar-refractivity contribution >= 4 is 44.3 Å². The number of anilines is 1. The Balaban J connectivity index is 1.33. The quantitative estimate of drug-likeness (QED) is 0.244. The van der Waals surface area contributed by atoms with E-state index in [1.54, 1.807) is 12.3 Å². The van der Waals surface area contributed by atoms with Crippen LogP contribution in [-0.4, -0.2) is 64.4 Å². The Labute approximate surface area is 231 Å². The minimum atomic E-state index is -0.919. The molecular formula is C25H28BrClF2N6O3. The molecule has 4 heterocycles. The molecule has 3 atom stereocenters. The van der Waals surface area contributed by atoms with Crippen molar-refractivity contribution in [1.29, 1.82) is 0 Å². The number of nitrogens with zero attached hydrogens (tertiary/aromatic N) is 3. The van der Waals surface area contributed by atoms with Crippen LogP contribution < -0.4 is 26.1 Å². The molecule has 38 heavy (non-hydrogen) atoms. The van der Waals surface area contributed by atoms with Crippen LogP contribution in [0.4, 0.5) is 14.6 Å². The number of pyridine rings is 1. The topological polar surface area (TPSA) is 118 Å². The maximum Gasteiger partial charge on any atom is 0.297 e. The highest BCUT2D eigenvalue weighted by molar-refractivity contribution is 9.10. The number of hydrogen-bond donors (Lipinski definition) is 3. The Kier molecular flexibility index (Phi) is 7.77. The van der Waals surface area contributed by atoms with Gasteiger partial charge in [0.15, 0.2) is 11.6 Å². The minimum absolute atomic E-state index is 0.00205. The van der Waals surface area contributed by atoms with Crippen molar-refractivity contribution in [2.45, 2.75) is 43.9 Å². The number of fused-ring (bicyclic) bond motifs is 2. The van der Waals surface area contributed by atoms with Crippen molar-refractivity contribution in [2.24, 2.45) is 0 Å². The molecule has 2 aliphatic heterocycles. The van der Waals surface area contributed by atoms with Gasteiger partial charge in [0.1, 0.15) is 41.1 Å². The zero-order valence-corrected chi connectivity index (χ0v) is 23.0. The van der Waals surface area contributed by atoms with Crippen LogP contribution in [0.5, 0.6) is 11.8 Å². The number of hydrogen-bond acceptors (Lipinski definition) is 8. The number of H-pyrrole nitrogens is 1. The van der Waals surface area contributed by atoms with E-state index in [1.807, 2.05) is 13.0 Å². The third-order valence-electron chi connectivity index (χ3n) is 7.29. The van der Waals surface area contributed by atoms with Crippen LogP contribution in [0.3, 0.4) is 0 Å². The van der Waals surface area contributed by atoms with Gasteiger partial charge in [0.05, 0.1) is 10.0 Å². The third-order valence-corrected chi connectivity index (χ3v) is 8.63. The second-order valence-corrected chi connectivity index (χ2v) is 10.9. The number of nitrogens with one attached hydrogen (secondary N) is 2. The van der Waals surface area contributed by atoms with Crippen molar-refractivity contribution in [3.8, 4) is 11.8 Å². The molecular weight excluding hydrogens is 586 g/mol. The number of rotatable bonds is 9. The predicted octanol–water partition coefficient (Wildman–Crippen LogP) is 4.14. The van der Waals surface area contributed by atoms with Crippen molar-refractivity contribution in [3.05, 3.63) is 49.6 Å². The molecule has 0 amide bonds. The molecule has 3 aromatic rings. The Morgan fingerprint density at radius 1 is 1.45 bits per heavy atom. The number of aromatic amines is 1. The summed E-state index contributed by atoms with van der Waals surface area (Å²) in [7, 11) is 0. The van der Waals surface area contributed by atoms with Crippen LogP contribution in [0.25, 0.3) is 10.9 Å². The van der Waals surface area contributed by atoms with E-state index in [1.165, 1.54) is 0 Å². The van der Waals surface area contributed by atoms with Gasteiger partial charge in [-0.2, -0.15) is 4.98 Å². The maximum absolute atomic E-state index is 15.2. The van der Waals surface area contributed by atoms with Crippen molar-refractivity contribution in [2.75, 3.05) is 38.6 Å². The van der Waals surface area contributed by atoms with Gasteiger partial charge in [-0.25, -0.2) is 13.8 Å². The van der Waals surface area contributed by atoms with Gasteiger partial charge in [-0.15, -0.1) is 0 Å². The molecule has 1 aromatic carbocycles. The van der Waals surface area contributed by atoms with Crippen LogP contribution in [0.2, 0.25) is 5.02 Å². The number of aromatic nitrogens is 3. The van der Waals surface area contributed by atoms with Gasteiger partial charge < -0.3 is 20.5 Å². The maximum atomic E-state index is 15.2. The second-order valence-electron chi connectivity index (χ2n) is 9.73. The summed E-state index contributed by atoms with van der Waals surface area (Å²) >= 11 is 9.50. The van der Waals surface area contributed by atoms with E-state index in [0.717, 1.165) is 24.9 Å². The number of nitrogens with two attached hydrogens (primary N) is 1.